The van der Waals surface area contributed by atoms with Crippen LogP contribution in [0, 0.1) is 0 Å². The van der Waals surface area contributed by atoms with Crippen molar-refractivity contribution in [2.75, 3.05) is 26.4 Å². The molecule has 0 saturated carbocycles. The van der Waals surface area contributed by atoms with Crippen LogP contribution in [0.2, 0.25) is 0 Å². The molecule has 0 spiro atoms. The number of ether oxygens (including phenoxy) is 4. The number of H-pyrrole nitrogens is 2. The van der Waals surface area contributed by atoms with E-state index in [1.807, 2.05) is 84.9 Å². The molecule has 59 heavy (non-hydrogen) atoms. The maximum absolute atomic E-state index is 13.9. The highest BCUT2D eigenvalue weighted by molar-refractivity contribution is 6.23. The molecule has 0 aliphatic carbocycles. The lowest BCUT2D eigenvalue weighted by Gasteiger charge is -2.17. The summed E-state index contributed by atoms with van der Waals surface area (Å²) in [4.78, 5) is 62.4. The van der Waals surface area contributed by atoms with Gasteiger partial charge in [0.2, 0.25) is 0 Å². The molecule has 3 aromatic carbocycles. The number of furan rings is 1. The fraction of sp³-hybridized carbons (Fsp3) is 0.167. The van der Waals surface area contributed by atoms with Crippen molar-refractivity contribution in [2.24, 2.45) is 0 Å². The standard InChI is InChI=1S/C48H42N2O9/c1-5-55-45(51)43(46(52)56-6-2)41-31-20-15-21-32(28-31)42(44(47(53)57-7-3)48(54)58-8-4)36-25-23-34(50-36)40(30-18-13-10-14-19-30)38-27-26-37(59-38)39(29-16-11-9-12-17-29)33-22-24-35(41)49-33/h9-28,49-50H,5-8H2,1-4H3/b39-37-,40-38-. The van der Waals surface area contributed by atoms with E-state index in [2.05, 4.69) is 9.97 Å². The first-order valence-corrected chi connectivity index (χ1v) is 19.4. The Morgan fingerprint density at radius 1 is 0.424 bits per heavy atom. The minimum atomic E-state index is -0.896. The van der Waals surface area contributed by atoms with Gasteiger partial charge in [-0.1, -0.05) is 78.9 Å². The molecule has 0 amide bonds. The van der Waals surface area contributed by atoms with E-state index in [1.165, 1.54) is 0 Å². The Kier molecular flexibility index (Phi) is 12.0. The largest absolute Gasteiger partial charge is 0.462 e. The predicted molar refractivity (Wildman–Crippen MR) is 221 cm³/mol. The molecule has 0 unspecified atom stereocenters. The van der Waals surface area contributed by atoms with Crippen molar-refractivity contribution in [3.05, 3.63) is 188 Å². The van der Waals surface area contributed by atoms with Crippen LogP contribution in [0.3, 0.4) is 0 Å². The lowest BCUT2D eigenvalue weighted by Crippen LogP contribution is -2.21. The number of aromatic amines is 2. The van der Waals surface area contributed by atoms with Crippen LogP contribution in [0.1, 0.15) is 72.7 Å². The lowest BCUT2D eigenvalue weighted by molar-refractivity contribution is -0.148. The number of carbonyl (C=O) groups is 4. The topological polar surface area (TPSA) is 150 Å². The Morgan fingerprint density at radius 2 is 0.763 bits per heavy atom. The maximum Gasteiger partial charge on any atom is 0.346 e. The number of esters is 4. The van der Waals surface area contributed by atoms with Crippen LogP contribution in [0.15, 0.2) is 137 Å². The van der Waals surface area contributed by atoms with Gasteiger partial charge in [-0.3, -0.25) is 0 Å². The number of rotatable bonds is 10. The van der Waals surface area contributed by atoms with E-state index >= 15 is 0 Å². The van der Waals surface area contributed by atoms with Crippen molar-refractivity contribution in [1.82, 2.24) is 9.97 Å². The van der Waals surface area contributed by atoms with E-state index < -0.39 is 23.9 Å². The van der Waals surface area contributed by atoms with Crippen molar-refractivity contribution < 1.29 is 42.5 Å². The van der Waals surface area contributed by atoms with Gasteiger partial charge in [-0.15, -0.1) is 0 Å². The molecule has 0 saturated heterocycles. The van der Waals surface area contributed by atoms with Crippen LogP contribution in [0.4, 0.5) is 0 Å². The summed E-state index contributed by atoms with van der Waals surface area (Å²) >= 11 is 0. The molecule has 0 radical (unpaired) electrons. The average molecular weight is 791 g/mol. The first-order chi connectivity index (χ1) is 28.8. The first kappa shape index (κ1) is 39.8. The third-order valence-corrected chi connectivity index (χ3v) is 9.53. The summed E-state index contributed by atoms with van der Waals surface area (Å²) in [5, 5.41) is 0. The molecule has 6 aromatic rings. The Morgan fingerprint density at radius 3 is 1.12 bits per heavy atom. The molecule has 11 heteroatoms. The van der Waals surface area contributed by atoms with E-state index in [0.717, 1.165) is 22.3 Å². The second-order valence-corrected chi connectivity index (χ2v) is 13.2. The van der Waals surface area contributed by atoms with E-state index in [0.29, 0.717) is 44.7 Å². The number of hydrogen-bond acceptors (Lipinski definition) is 9. The third-order valence-electron chi connectivity index (χ3n) is 9.53. The van der Waals surface area contributed by atoms with Gasteiger partial charge in [0.1, 0.15) is 10.8 Å². The van der Waals surface area contributed by atoms with Gasteiger partial charge in [-0.2, -0.15) is 0 Å². The molecule has 1 aliphatic rings. The number of fused-ring (bicyclic) bond motifs is 8. The van der Waals surface area contributed by atoms with Crippen LogP contribution in [-0.2, 0) is 38.1 Å². The van der Waals surface area contributed by atoms with E-state index in [-0.39, 0.29) is 48.7 Å². The first-order valence-electron chi connectivity index (χ1n) is 19.4. The highest BCUT2D eigenvalue weighted by Gasteiger charge is 2.32. The molecule has 4 heterocycles. The summed E-state index contributed by atoms with van der Waals surface area (Å²) < 4.78 is 28.6. The van der Waals surface area contributed by atoms with E-state index in [1.54, 1.807) is 64.1 Å². The highest BCUT2D eigenvalue weighted by atomic mass is 16.6. The SMILES string of the molecule is CCOC(=O)C(C(=O)OCC)=C1c2cccc(c2)C(=C(C(=O)OCC)C(=O)OCC)c2ccc([nH]2)/C(c2ccccc2)=c2/cc/c(o2)=C(\c2ccccc2)c2ccc1[nH]2. The van der Waals surface area contributed by atoms with Crippen LogP contribution < -0.4 is 10.8 Å². The summed E-state index contributed by atoms with van der Waals surface area (Å²) in [5.41, 5.74) is 6.53. The van der Waals surface area contributed by atoms with Crippen molar-refractivity contribution in [2.45, 2.75) is 27.7 Å². The van der Waals surface area contributed by atoms with Crippen LogP contribution >= 0.6 is 0 Å². The van der Waals surface area contributed by atoms with Crippen LogP contribution in [-0.4, -0.2) is 60.3 Å². The normalized spacial score (nSPS) is 14.0. The monoisotopic (exact) mass is 790 g/mol. The number of benzene rings is 3. The van der Waals surface area contributed by atoms with Gasteiger partial charge in [-0.05, 0) is 92.4 Å². The minimum absolute atomic E-state index is 0.00966. The number of hydrogen-bond donors (Lipinski definition) is 2. The fourth-order valence-corrected chi connectivity index (χ4v) is 7.14. The molecule has 11 nitrogen and oxygen atoms in total. The molecular weight excluding hydrogens is 749 g/mol. The van der Waals surface area contributed by atoms with Gasteiger partial charge in [0.05, 0.1) is 37.8 Å². The molecule has 298 valence electrons. The van der Waals surface area contributed by atoms with Crippen molar-refractivity contribution >= 4 is 46.2 Å². The zero-order chi connectivity index (χ0) is 41.5. The highest BCUT2D eigenvalue weighted by Crippen LogP contribution is 2.36. The van der Waals surface area contributed by atoms with Crippen molar-refractivity contribution in [3.8, 4) is 0 Å². The van der Waals surface area contributed by atoms with Crippen molar-refractivity contribution in [1.29, 1.82) is 0 Å². The average Bonchev–Trinajstić information content (AvgIpc) is 4.03. The minimum Gasteiger partial charge on any atom is -0.462 e. The van der Waals surface area contributed by atoms with Crippen LogP contribution in [0.25, 0.3) is 22.3 Å². The second-order valence-electron chi connectivity index (χ2n) is 13.2. The van der Waals surface area contributed by atoms with E-state index in [4.69, 9.17) is 23.4 Å². The lowest BCUT2D eigenvalue weighted by atomic mass is 9.91. The van der Waals surface area contributed by atoms with Gasteiger partial charge >= 0.3 is 23.9 Å². The quantitative estimate of drug-likeness (QED) is 0.0514. The fourth-order valence-electron chi connectivity index (χ4n) is 7.14. The van der Waals surface area contributed by atoms with Gasteiger partial charge in [0.25, 0.3) is 0 Å². The van der Waals surface area contributed by atoms with Gasteiger partial charge < -0.3 is 33.3 Å². The molecule has 0 fully saturated rings. The zero-order valence-corrected chi connectivity index (χ0v) is 33.0. The zero-order valence-electron chi connectivity index (χ0n) is 33.0. The summed E-state index contributed by atoms with van der Waals surface area (Å²) in [6, 6.07) is 37.3. The second kappa shape index (κ2) is 17.8. The predicted octanol–water partition coefficient (Wildman–Crippen LogP) is 6.60. The Hall–Kier alpha value is -7.40. The van der Waals surface area contributed by atoms with E-state index in [9.17, 15) is 19.2 Å². The number of carbonyl (C=O) groups excluding carboxylic acids is 4. The molecule has 1 aliphatic heterocycles. The molecule has 7 rings (SSSR count). The Bertz CT molecular complexity index is 2510. The van der Waals surface area contributed by atoms with Crippen molar-refractivity contribution in [3.63, 3.8) is 0 Å². The van der Waals surface area contributed by atoms with Gasteiger partial charge in [-0.25, -0.2) is 19.2 Å². The molecular formula is C48H42N2O9. The number of nitrogens with one attached hydrogen (secondary N) is 2. The van der Waals surface area contributed by atoms with Gasteiger partial charge in [0.15, 0.2) is 11.1 Å². The Balaban J connectivity index is 1.69. The molecule has 8 bridgehead atoms. The summed E-state index contributed by atoms with van der Waals surface area (Å²) in [6.07, 6.45) is 0. The summed E-state index contributed by atoms with van der Waals surface area (Å²) in [7, 11) is 0. The molecule has 3 aromatic heterocycles. The molecule has 2 N–H and O–H groups in total. The maximum atomic E-state index is 13.9. The summed E-state index contributed by atoms with van der Waals surface area (Å²) in [5.74, 6) is -3.58. The summed E-state index contributed by atoms with van der Waals surface area (Å²) in [6.45, 7) is 6.54. The Labute approximate surface area is 340 Å². The third kappa shape index (κ3) is 8.08. The van der Waals surface area contributed by atoms with Crippen LogP contribution in [0.5, 0.6) is 0 Å². The molecule has 0 atom stereocenters. The smallest absolute Gasteiger partial charge is 0.346 e. The van der Waals surface area contributed by atoms with Gasteiger partial charge in [0, 0.05) is 33.7 Å². The number of aromatic nitrogens is 2.